The van der Waals surface area contributed by atoms with E-state index in [1.165, 1.54) is 70.6 Å². The molecule has 0 aliphatic rings. The van der Waals surface area contributed by atoms with Gasteiger partial charge in [0, 0.05) is 19.6 Å². The number of carbonyl (C=O) groups is 1. The molecule has 0 aliphatic heterocycles. The van der Waals surface area contributed by atoms with Crippen molar-refractivity contribution >= 4 is 14.2 Å². The fraction of sp³-hybridized carbons (Fsp3) is 0.710. The number of ether oxygens (including phenoxy) is 2. The zero-order valence-corrected chi connectivity index (χ0v) is 30.8. The van der Waals surface area contributed by atoms with Crippen LogP contribution < -0.4 is 10.2 Å². The number of alkyl halides is 17. The lowest BCUT2D eigenvalue weighted by molar-refractivity contribution is -0.461. The summed E-state index contributed by atoms with van der Waals surface area (Å²) in [4.78, 5) is 11.1. The van der Waals surface area contributed by atoms with Gasteiger partial charge in [-0.05, 0) is 41.2 Å². The van der Waals surface area contributed by atoms with E-state index in [9.17, 15) is 84.5 Å². The quantitative estimate of drug-likeness (QED) is 0.0268. The summed E-state index contributed by atoms with van der Waals surface area (Å²) in [5, 5.41) is 19.1. The number of carbonyl (C=O) groups excluding carboxylic acids is 1. The normalized spacial score (nSPS) is 15.8. The third-order valence-corrected chi connectivity index (χ3v) is 14.6. The summed E-state index contributed by atoms with van der Waals surface area (Å²) in [6.45, 7) is 4.32. The van der Waals surface area contributed by atoms with Gasteiger partial charge in [-0.1, -0.05) is 45.9 Å². The minimum Gasteiger partial charge on any atom is -0.491 e. The number of hydrogen-bond acceptors (Lipinski definition) is 6. The molecule has 0 aromatic heterocycles. The van der Waals surface area contributed by atoms with Crippen LogP contribution in [-0.2, 0) is 14.0 Å². The molecule has 0 fully saturated rings. The molecule has 0 heterocycles. The van der Waals surface area contributed by atoms with Gasteiger partial charge < -0.3 is 19.0 Å². The van der Waals surface area contributed by atoms with Crippen molar-refractivity contribution in [2.75, 3.05) is 20.3 Å². The molecular formula is C31H38F17NO6Si. The Morgan fingerprint density at radius 1 is 0.732 bits per heavy atom. The summed E-state index contributed by atoms with van der Waals surface area (Å²) < 4.78 is 250. The topological polar surface area (TPSA) is 97.3 Å². The molecule has 1 amide bonds. The van der Waals surface area contributed by atoms with Crippen molar-refractivity contribution in [3.05, 3.63) is 42.0 Å². The zero-order valence-electron chi connectivity index (χ0n) is 29.8. The predicted octanol–water partition coefficient (Wildman–Crippen LogP) is 9.75. The highest BCUT2D eigenvalue weighted by Crippen LogP contribution is 2.64. The lowest BCUT2D eigenvalue weighted by atomic mass is 9.88. The Morgan fingerprint density at radius 2 is 1.18 bits per heavy atom. The maximum absolute atomic E-state index is 14.8. The molecule has 0 saturated carbocycles. The Hall–Kier alpha value is -2.90. The highest BCUT2D eigenvalue weighted by atomic mass is 28.4. The summed E-state index contributed by atoms with van der Waals surface area (Å²) in [7, 11) is -2.70. The maximum Gasteiger partial charge on any atom is 0.460 e. The number of hydrogen-bond donors (Lipinski definition) is 3. The lowest BCUT2D eigenvalue weighted by Gasteiger charge is -2.44. The smallest absolute Gasteiger partial charge is 0.460 e. The van der Waals surface area contributed by atoms with Gasteiger partial charge in [-0.3, -0.25) is 10.0 Å². The number of benzene rings is 1. The second-order valence-electron chi connectivity index (χ2n) is 13.0. The fourth-order valence-corrected chi connectivity index (χ4v) is 9.89. The van der Waals surface area contributed by atoms with Crippen LogP contribution in [0.1, 0.15) is 52.2 Å². The first-order chi connectivity index (χ1) is 25.1. The van der Waals surface area contributed by atoms with Crippen molar-refractivity contribution in [2.24, 2.45) is 0 Å². The van der Waals surface area contributed by atoms with Gasteiger partial charge in [-0.25, -0.2) is 5.48 Å². The van der Waals surface area contributed by atoms with E-state index in [2.05, 4.69) is 0 Å². The molecule has 0 unspecified atom stereocenters. The van der Waals surface area contributed by atoms with E-state index in [1.54, 1.807) is 0 Å². The van der Waals surface area contributed by atoms with Crippen LogP contribution in [0, 0.1) is 0 Å². The number of amides is 1. The van der Waals surface area contributed by atoms with Crippen LogP contribution in [0.3, 0.4) is 0 Å². The van der Waals surface area contributed by atoms with E-state index in [1.807, 2.05) is 0 Å². The van der Waals surface area contributed by atoms with Gasteiger partial charge in [-0.15, -0.1) is 0 Å². The Kier molecular flexibility index (Phi) is 16.4. The lowest BCUT2D eigenvalue weighted by Crippen LogP contribution is -2.74. The second kappa shape index (κ2) is 17.9. The molecule has 0 radical (unpaired) electrons. The highest BCUT2D eigenvalue weighted by molar-refractivity contribution is 6.76. The van der Waals surface area contributed by atoms with Crippen LogP contribution in [0.5, 0.6) is 5.75 Å². The van der Waals surface area contributed by atoms with Gasteiger partial charge in [0.1, 0.15) is 18.5 Å². The molecule has 1 aromatic carbocycles. The highest BCUT2D eigenvalue weighted by Gasteiger charge is 2.95. The van der Waals surface area contributed by atoms with Gasteiger partial charge in [-0.2, -0.15) is 74.6 Å². The molecule has 3 N–H and O–H groups in total. The first kappa shape index (κ1) is 51.1. The Labute approximate surface area is 309 Å². The number of rotatable bonds is 22. The average molecular weight is 872 g/mol. The summed E-state index contributed by atoms with van der Waals surface area (Å²) in [5.41, 5.74) is -0.0796. The van der Waals surface area contributed by atoms with Gasteiger partial charge in [0.2, 0.25) is 0 Å². The molecule has 0 saturated heterocycles. The Balaban J connectivity index is 3.21. The van der Waals surface area contributed by atoms with Crippen LogP contribution in [0.25, 0.3) is 0 Å². The Morgan fingerprint density at radius 3 is 1.59 bits per heavy atom. The monoisotopic (exact) mass is 871 g/mol. The number of nitrogens with one attached hydrogen (secondary N) is 1. The first-order valence-corrected chi connectivity index (χ1v) is 18.3. The summed E-state index contributed by atoms with van der Waals surface area (Å²) in [6.07, 6.45) is -10.2. The maximum atomic E-state index is 14.8. The summed E-state index contributed by atoms with van der Waals surface area (Å²) in [5.74, 6) is -57.5. The predicted molar refractivity (Wildman–Crippen MR) is 163 cm³/mol. The molecule has 56 heavy (non-hydrogen) atoms. The molecule has 1 rings (SSSR count). The molecule has 25 heteroatoms. The van der Waals surface area contributed by atoms with Crippen molar-refractivity contribution in [1.82, 2.24) is 5.48 Å². The van der Waals surface area contributed by atoms with E-state index in [4.69, 9.17) is 19.1 Å². The van der Waals surface area contributed by atoms with Crippen molar-refractivity contribution in [3.63, 3.8) is 0 Å². The standard InChI is InChI=1S/C31H38F17NO6Si/c1-17(2)56(18(3)4,55-15-14-54-20-11-9-19(10-12-20)23(51)21(53-5)7-6-8-22(50)49-52)16-13-24(32,33)25(34,35)26(36,37)27(38,39)28(40,41)29(42,43)30(44,45)31(46,47)48/h6,8-12,17-18,21,23,51-52H,7,13-16H2,1-5H3,(H,49,50)/b8-6+/t21-,23-/m1/s1. The molecule has 1 aromatic rings. The molecule has 0 aliphatic carbocycles. The van der Waals surface area contributed by atoms with Gasteiger partial charge in [0.05, 0.1) is 12.7 Å². The zero-order chi connectivity index (χ0) is 44.1. The van der Waals surface area contributed by atoms with Gasteiger partial charge in [0.15, 0.2) is 8.32 Å². The second-order valence-corrected chi connectivity index (χ2v) is 18.0. The summed E-state index contributed by atoms with van der Waals surface area (Å²) >= 11 is 0. The fourth-order valence-electron chi connectivity index (χ4n) is 5.42. The first-order valence-electron chi connectivity index (χ1n) is 16.0. The van der Waals surface area contributed by atoms with Gasteiger partial charge >= 0.3 is 47.6 Å². The molecule has 2 atom stereocenters. The van der Waals surface area contributed by atoms with Crippen LogP contribution in [0.15, 0.2) is 36.4 Å². The van der Waals surface area contributed by atoms with Crippen molar-refractivity contribution in [1.29, 1.82) is 0 Å². The number of aliphatic hydroxyl groups excluding tert-OH is 1. The van der Waals surface area contributed by atoms with Crippen LogP contribution in [0.2, 0.25) is 17.1 Å². The number of halogens is 17. The van der Waals surface area contributed by atoms with E-state index in [0.717, 1.165) is 6.08 Å². The largest absolute Gasteiger partial charge is 0.491 e. The molecule has 7 nitrogen and oxygen atoms in total. The Bertz CT molecular complexity index is 1450. The number of hydroxylamine groups is 1. The molecule has 326 valence electrons. The van der Waals surface area contributed by atoms with Gasteiger partial charge in [0.25, 0.3) is 5.91 Å². The third-order valence-electron chi connectivity index (χ3n) is 8.92. The third kappa shape index (κ3) is 9.68. The molecule has 0 bridgehead atoms. The van der Waals surface area contributed by atoms with E-state index >= 15 is 0 Å². The summed E-state index contributed by atoms with van der Waals surface area (Å²) in [6, 6.07) is 4.14. The van der Waals surface area contributed by atoms with E-state index in [0.29, 0.717) is 5.56 Å². The van der Waals surface area contributed by atoms with E-state index < -0.39 is 111 Å². The van der Waals surface area contributed by atoms with Crippen molar-refractivity contribution in [3.8, 4) is 5.75 Å². The number of methoxy groups -OCH3 is 1. The minimum absolute atomic E-state index is 0.0260. The van der Waals surface area contributed by atoms with Crippen LogP contribution in [0.4, 0.5) is 74.6 Å². The SMILES string of the molecule is CO[C@H](C/C=C/C(=O)NO)[C@H](O)c1ccc(OCCO[Si](CCC(F)(F)C(F)(F)C(F)(F)C(F)(F)C(F)(F)C(F)(F)C(F)(F)C(F)(F)F)(C(C)C)C(C)C)cc1. The average Bonchev–Trinajstić information content (AvgIpc) is 3.08. The van der Waals surface area contributed by atoms with Crippen molar-refractivity contribution < 1.29 is 104 Å². The minimum atomic E-state index is -8.69. The molecular weight excluding hydrogens is 833 g/mol. The van der Waals surface area contributed by atoms with E-state index in [-0.39, 0.29) is 12.2 Å². The van der Waals surface area contributed by atoms with Crippen LogP contribution in [-0.4, -0.2) is 98.6 Å². The van der Waals surface area contributed by atoms with Crippen LogP contribution >= 0.6 is 0 Å². The molecule has 0 spiro atoms. The van der Waals surface area contributed by atoms with Crippen molar-refractivity contribution in [2.45, 2.75) is 118 Å². The number of aliphatic hydroxyl groups is 1.